The molecule has 2 aromatic rings. The van der Waals surface area contributed by atoms with Gasteiger partial charge in [-0.15, -0.1) is 10.2 Å². The highest BCUT2D eigenvalue weighted by atomic mass is 16.2. The third-order valence-electron chi connectivity index (χ3n) is 3.73. The molecule has 1 aliphatic rings. The maximum absolute atomic E-state index is 12.5. The van der Waals surface area contributed by atoms with E-state index >= 15 is 0 Å². The number of aromatic nitrogens is 4. The van der Waals surface area contributed by atoms with Gasteiger partial charge in [0.2, 0.25) is 0 Å². The molecule has 1 aliphatic heterocycles. The highest BCUT2D eigenvalue weighted by Gasteiger charge is 2.27. The first-order chi connectivity index (χ1) is 10.1. The van der Waals surface area contributed by atoms with Crippen LogP contribution in [0.4, 0.5) is 0 Å². The molecule has 0 spiro atoms. The van der Waals surface area contributed by atoms with Crippen molar-refractivity contribution in [3.63, 3.8) is 0 Å². The van der Waals surface area contributed by atoms with E-state index in [2.05, 4.69) is 34.1 Å². The fraction of sp³-hybridized carbons (Fsp3) is 0.429. The molecule has 1 saturated heterocycles. The zero-order valence-corrected chi connectivity index (χ0v) is 12.2. The van der Waals surface area contributed by atoms with Gasteiger partial charge in [-0.2, -0.15) is 0 Å². The van der Waals surface area contributed by atoms with E-state index in [1.165, 1.54) is 0 Å². The first kappa shape index (κ1) is 13.7. The van der Waals surface area contributed by atoms with Gasteiger partial charge in [-0.3, -0.25) is 9.36 Å². The number of rotatable bonds is 2. The summed E-state index contributed by atoms with van der Waals surface area (Å²) in [5.74, 6) is 0.593. The molecular weight excluding hydrogens is 268 g/mol. The predicted octanol–water partition coefficient (Wildman–Crippen LogP) is 0.438. The summed E-state index contributed by atoms with van der Waals surface area (Å²) < 4.78 is 1.75. The van der Waals surface area contributed by atoms with E-state index in [1.54, 1.807) is 35.4 Å². The molecule has 2 aromatic heterocycles. The van der Waals surface area contributed by atoms with E-state index in [-0.39, 0.29) is 11.9 Å². The Hall–Kier alpha value is -2.28. The van der Waals surface area contributed by atoms with Crippen LogP contribution in [-0.4, -0.2) is 68.2 Å². The zero-order valence-electron chi connectivity index (χ0n) is 12.2. The van der Waals surface area contributed by atoms with Crippen molar-refractivity contribution >= 4 is 5.91 Å². The molecule has 0 N–H and O–H groups in total. The molecule has 0 bridgehead atoms. The van der Waals surface area contributed by atoms with Gasteiger partial charge in [0, 0.05) is 38.1 Å². The standard InChI is InChI=1S/C14H18N6O/c1-11-9-18(2)7-8-20(11)14(21)12-3-4-13(17-16-12)19-6-5-15-10-19/h3-6,10-11H,7-9H2,1-2H3/t11-/m0/s1. The molecule has 1 fully saturated rings. The van der Waals surface area contributed by atoms with Crippen molar-refractivity contribution in [2.24, 2.45) is 0 Å². The second-order valence-electron chi connectivity index (χ2n) is 5.36. The molecular formula is C14H18N6O. The fourth-order valence-corrected chi connectivity index (χ4v) is 2.56. The summed E-state index contributed by atoms with van der Waals surface area (Å²) in [6.07, 6.45) is 5.11. The molecule has 0 unspecified atom stereocenters. The minimum Gasteiger partial charge on any atom is -0.332 e. The number of amides is 1. The lowest BCUT2D eigenvalue weighted by Crippen LogP contribution is -2.52. The lowest BCUT2D eigenvalue weighted by molar-refractivity contribution is 0.0526. The quantitative estimate of drug-likeness (QED) is 0.801. The maximum Gasteiger partial charge on any atom is 0.274 e. The molecule has 3 heterocycles. The monoisotopic (exact) mass is 286 g/mol. The van der Waals surface area contributed by atoms with Crippen LogP contribution in [0.15, 0.2) is 30.9 Å². The molecule has 0 radical (unpaired) electrons. The Morgan fingerprint density at radius 2 is 2.14 bits per heavy atom. The number of nitrogens with zero attached hydrogens (tertiary/aromatic N) is 6. The van der Waals surface area contributed by atoms with Crippen molar-refractivity contribution < 1.29 is 4.79 Å². The van der Waals surface area contributed by atoms with Gasteiger partial charge in [-0.05, 0) is 26.1 Å². The summed E-state index contributed by atoms with van der Waals surface area (Å²) in [6, 6.07) is 3.68. The summed E-state index contributed by atoms with van der Waals surface area (Å²) in [5.41, 5.74) is 0.385. The second kappa shape index (κ2) is 5.61. The fourth-order valence-electron chi connectivity index (χ4n) is 2.56. The first-order valence-electron chi connectivity index (χ1n) is 6.97. The summed E-state index contributed by atoms with van der Waals surface area (Å²) in [7, 11) is 2.07. The average Bonchev–Trinajstić information content (AvgIpc) is 3.01. The van der Waals surface area contributed by atoms with Gasteiger partial charge in [-0.25, -0.2) is 4.98 Å². The van der Waals surface area contributed by atoms with Crippen molar-refractivity contribution in [3.05, 3.63) is 36.5 Å². The predicted molar refractivity (Wildman–Crippen MR) is 77.1 cm³/mol. The van der Waals surface area contributed by atoms with E-state index in [1.807, 2.05) is 4.90 Å². The van der Waals surface area contributed by atoms with Crippen LogP contribution in [0.3, 0.4) is 0 Å². The lowest BCUT2D eigenvalue weighted by atomic mass is 10.2. The van der Waals surface area contributed by atoms with Crippen molar-refractivity contribution in [1.29, 1.82) is 0 Å². The van der Waals surface area contributed by atoms with Crippen molar-refractivity contribution in [2.75, 3.05) is 26.7 Å². The second-order valence-corrected chi connectivity index (χ2v) is 5.36. The van der Waals surface area contributed by atoms with E-state index in [0.29, 0.717) is 11.5 Å². The van der Waals surface area contributed by atoms with Crippen LogP contribution in [0.2, 0.25) is 0 Å². The van der Waals surface area contributed by atoms with E-state index in [0.717, 1.165) is 19.6 Å². The molecule has 0 aliphatic carbocycles. The molecule has 7 heteroatoms. The minimum absolute atomic E-state index is 0.0553. The summed E-state index contributed by atoms with van der Waals surface area (Å²) in [6.45, 7) is 4.55. The molecule has 3 rings (SSSR count). The number of likely N-dealkylation sites (N-methyl/N-ethyl adjacent to an activating group) is 1. The van der Waals surface area contributed by atoms with Crippen LogP contribution in [0.5, 0.6) is 0 Å². The smallest absolute Gasteiger partial charge is 0.274 e. The largest absolute Gasteiger partial charge is 0.332 e. The van der Waals surface area contributed by atoms with Crippen molar-refractivity contribution in [2.45, 2.75) is 13.0 Å². The van der Waals surface area contributed by atoms with Gasteiger partial charge in [0.25, 0.3) is 5.91 Å². The number of piperazine rings is 1. The summed E-state index contributed by atoms with van der Waals surface area (Å²) in [4.78, 5) is 20.5. The Morgan fingerprint density at radius 3 is 2.76 bits per heavy atom. The Bertz CT molecular complexity index is 609. The van der Waals surface area contributed by atoms with Crippen molar-refractivity contribution in [3.8, 4) is 5.82 Å². The maximum atomic E-state index is 12.5. The van der Waals surface area contributed by atoms with E-state index < -0.39 is 0 Å². The highest BCUT2D eigenvalue weighted by molar-refractivity contribution is 5.92. The normalized spacial score (nSPS) is 19.7. The number of imidazole rings is 1. The van der Waals surface area contributed by atoms with E-state index in [4.69, 9.17) is 0 Å². The third-order valence-corrected chi connectivity index (χ3v) is 3.73. The lowest BCUT2D eigenvalue weighted by Gasteiger charge is -2.37. The van der Waals surface area contributed by atoms with E-state index in [9.17, 15) is 4.79 Å². The number of hydrogen-bond acceptors (Lipinski definition) is 5. The van der Waals surface area contributed by atoms with Crippen LogP contribution in [-0.2, 0) is 0 Å². The molecule has 21 heavy (non-hydrogen) atoms. The first-order valence-corrected chi connectivity index (χ1v) is 6.97. The highest BCUT2D eigenvalue weighted by Crippen LogP contribution is 2.12. The summed E-state index contributed by atoms with van der Waals surface area (Å²) >= 11 is 0. The Kier molecular flexibility index (Phi) is 3.66. The molecule has 1 atom stereocenters. The molecule has 7 nitrogen and oxygen atoms in total. The minimum atomic E-state index is -0.0553. The van der Waals surface area contributed by atoms with Gasteiger partial charge in [0.1, 0.15) is 6.33 Å². The molecule has 110 valence electrons. The van der Waals surface area contributed by atoms with Gasteiger partial charge in [0.05, 0.1) is 0 Å². The molecule has 1 amide bonds. The topological polar surface area (TPSA) is 67.2 Å². The van der Waals surface area contributed by atoms with Crippen LogP contribution in [0, 0.1) is 0 Å². The van der Waals surface area contributed by atoms with Crippen LogP contribution < -0.4 is 0 Å². The van der Waals surface area contributed by atoms with Gasteiger partial charge < -0.3 is 9.80 Å². The van der Waals surface area contributed by atoms with Gasteiger partial charge >= 0.3 is 0 Å². The zero-order chi connectivity index (χ0) is 14.8. The number of hydrogen-bond donors (Lipinski definition) is 0. The number of carbonyl (C=O) groups is 1. The van der Waals surface area contributed by atoms with Crippen LogP contribution >= 0.6 is 0 Å². The van der Waals surface area contributed by atoms with Crippen molar-refractivity contribution in [1.82, 2.24) is 29.5 Å². The van der Waals surface area contributed by atoms with Crippen LogP contribution in [0.25, 0.3) is 5.82 Å². The Balaban J connectivity index is 1.76. The molecule has 0 aromatic carbocycles. The number of carbonyl (C=O) groups excluding carboxylic acids is 1. The SMILES string of the molecule is C[C@H]1CN(C)CCN1C(=O)c1ccc(-n2ccnc2)nn1. The summed E-state index contributed by atoms with van der Waals surface area (Å²) in [5, 5.41) is 8.15. The van der Waals surface area contributed by atoms with Crippen LogP contribution in [0.1, 0.15) is 17.4 Å². The average molecular weight is 286 g/mol. The third kappa shape index (κ3) is 2.78. The Labute approximate surface area is 123 Å². The van der Waals surface area contributed by atoms with Gasteiger partial charge in [-0.1, -0.05) is 0 Å². The molecule has 0 saturated carbocycles. The van der Waals surface area contributed by atoms with Gasteiger partial charge in [0.15, 0.2) is 11.5 Å². The Morgan fingerprint density at radius 1 is 1.29 bits per heavy atom.